The van der Waals surface area contributed by atoms with Crippen LogP contribution < -0.4 is 5.32 Å². The maximum Gasteiger partial charge on any atom is 0.214 e. The predicted molar refractivity (Wildman–Crippen MR) is 68.8 cm³/mol. The normalized spacial score (nSPS) is 10.5. The lowest BCUT2D eigenvalue weighted by Gasteiger charge is -2.22. The van der Waals surface area contributed by atoms with E-state index in [1.807, 2.05) is 13.8 Å². The van der Waals surface area contributed by atoms with Crippen molar-refractivity contribution in [1.29, 1.82) is 0 Å². The molecule has 0 saturated heterocycles. The number of nitrogens with one attached hydrogen (secondary N) is 1. The molecule has 0 heterocycles. The van der Waals surface area contributed by atoms with Gasteiger partial charge in [-0.15, -0.1) is 0 Å². The van der Waals surface area contributed by atoms with E-state index >= 15 is 0 Å². The van der Waals surface area contributed by atoms with Crippen LogP contribution in [-0.4, -0.2) is 55.7 Å². The molecule has 0 rings (SSSR count). The lowest BCUT2D eigenvalue weighted by molar-refractivity contribution is -0.131. The van der Waals surface area contributed by atoms with Gasteiger partial charge in [-0.1, -0.05) is 25.6 Å². The quantitative estimate of drug-likeness (QED) is 0.652. The molecule has 0 unspecified atom stereocenters. The molecular weight excluding hydrogens is 223 g/mol. The highest BCUT2D eigenvalue weighted by Crippen LogP contribution is 2.00. The Morgan fingerprint density at radius 2 is 2.06 bits per heavy atom. The molecule has 0 aromatic heterocycles. The average Bonchev–Trinajstić information content (AvgIpc) is 2.25. The first-order valence-electron chi connectivity index (χ1n) is 5.29. The van der Waals surface area contributed by atoms with Crippen LogP contribution in [0.1, 0.15) is 13.8 Å². The van der Waals surface area contributed by atoms with Gasteiger partial charge in [0.25, 0.3) is 0 Å². The Hall–Kier alpha value is -0.485. The largest absolute Gasteiger partial charge is 0.334 e. The maximum absolute atomic E-state index is 11.5. The van der Waals surface area contributed by atoms with Crippen molar-refractivity contribution >= 4 is 30.6 Å². The molecule has 0 fully saturated rings. The number of hydrogen-bond donors (Lipinski definition) is 1. The molecule has 0 atom stereocenters. The van der Waals surface area contributed by atoms with Gasteiger partial charge in [0.05, 0.1) is 14.4 Å². The minimum atomic E-state index is -0.187. The fourth-order valence-electron chi connectivity index (χ4n) is 1.13. The van der Waals surface area contributed by atoms with Gasteiger partial charge in [0.2, 0.25) is 11.0 Å². The lowest BCUT2D eigenvalue weighted by Crippen LogP contribution is -2.40. The molecule has 0 bridgehead atoms. The number of rotatable bonds is 7. The molecule has 2 radical (unpaired) electrons. The third-order valence-corrected chi connectivity index (χ3v) is 2.59. The standard InChI is InChI=1S/C10H19BN2O2S/c1-8(2)12-4-5-13(9(14)6-11)7-10(15)16-3/h8,12H,4-7H2,1-3H3. The van der Waals surface area contributed by atoms with Crippen LogP contribution in [-0.2, 0) is 9.59 Å². The summed E-state index contributed by atoms with van der Waals surface area (Å²) in [6.45, 7) is 5.38. The minimum Gasteiger partial charge on any atom is -0.334 e. The molecule has 0 aromatic rings. The van der Waals surface area contributed by atoms with E-state index in [4.69, 9.17) is 7.85 Å². The molecular formula is C10H19BN2O2S. The third kappa shape index (κ3) is 6.90. The topological polar surface area (TPSA) is 49.4 Å². The highest BCUT2D eigenvalue weighted by molar-refractivity contribution is 8.13. The second-order valence-electron chi connectivity index (χ2n) is 3.70. The van der Waals surface area contributed by atoms with E-state index in [1.165, 1.54) is 4.90 Å². The van der Waals surface area contributed by atoms with Crippen molar-refractivity contribution in [2.45, 2.75) is 26.2 Å². The zero-order valence-electron chi connectivity index (χ0n) is 10.2. The summed E-state index contributed by atoms with van der Waals surface area (Å²) in [5, 5.41) is 3.17. The monoisotopic (exact) mass is 242 g/mol. The van der Waals surface area contributed by atoms with Crippen molar-refractivity contribution in [2.24, 2.45) is 0 Å². The van der Waals surface area contributed by atoms with Crippen molar-refractivity contribution < 1.29 is 9.59 Å². The van der Waals surface area contributed by atoms with Gasteiger partial charge in [-0.2, -0.15) is 0 Å². The van der Waals surface area contributed by atoms with Gasteiger partial charge >= 0.3 is 0 Å². The van der Waals surface area contributed by atoms with Gasteiger partial charge in [0.1, 0.15) is 0 Å². The van der Waals surface area contributed by atoms with Crippen molar-refractivity contribution in [3.05, 3.63) is 0 Å². The fourth-order valence-corrected chi connectivity index (χ4v) is 1.41. The first kappa shape index (κ1) is 15.5. The number of nitrogens with zero attached hydrogens (tertiary/aromatic N) is 1. The van der Waals surface area contributed by atoms with Crippen molar-refractivity contribution in [3.8, 4) is 0 Å². The molecule has 6 heteroatoms. The maximum atomic E-state index is 11.5. The molecule has 16 heavy (non-hydrogen) atoms. The van der Waals surface area contributed by atoms with Crippen molar-refractivity contribution in [1.82, 2.24) is 10.2 Å². The zero-order valence-corrected chi connectivity index (χ0v) is 11.0. The second-order valence-corrected chi connectivity index (χ2v) is 4.57. The van der Waals surface area contributed by atoms with Crippen LogP contribution in [0.4, 0.5) is 0 Å². The van der Waals surface area contributed by atoms with Gasteiger partial charge in [-0.05, 0) is 12.6 Å². The highest BCUT2D eigenvalue weighted by atomic mass is 32.2. The molecule has 90 valence electrons. The minimum absolute atomic E-state index is 0.0219. The van der Waals surface area contributed by atoms with E-state index in [0.29, 0.717) is 19.1 Å². The fraction of sp³-hybridized carbons (Fsp3) is 0.800. The first-order valence-corrected chi connectivity index (χ1v) is 6.51. The van der Waals surface area contributed by atoms with Crippen LogP contribution >= 0.6 is 11.8 Å². The summed E-state index contributed by atoms with van der Waals surface area (Å²) in [5.41, 5.74) is 0. The molecule has 0 spiro atoms. The van der Waals surface area contributed by atoms with Crippen LogP contribution in [0, 0.1) is 0 Å². The third-order valence-electron chi connectivity index (χ3n) is 2.01. The van der Waals surface area contributed by atoms with E-state index in [0.717, 1.165) is 11.8 Å². The number of thioether (sulfide) groups is 1. The summed E-state index contributed by atoms with van der Waals surface area (Å²) < 4.78 is 0. The molecule has 4 nitrogen and oxygen atoms in total. The van der Waals surface area contributed by atoms with Gasteiger partial charge < -0.3 is 10.2 Å². The Bertz CT molecular complexity index is 237. The Kier molecular flexibility index (Phi) is 8.38. The van der Waals surface area contributed by atoms with Crippen LogP contribution in [0.2, 0.25) is 6.32 Å². The Balaban J connectivity index is 4.11. The molecule has 0 aliphatic heterocycles. The van der Waals surface area contributed by atoms with Gasteiger partial charge in [0, 0.05) is 19.1 Å². The van der Waals surface area contributed by atoms with Crippen LogP contribution in [0.5, 0.6) is 0 Å². The Morgan fingerprint density at radius 1 is 1.44 bits per heavy atom. The Labute approximate surface area is 103 Å². The number of amides is 1. The molecule has 1 N–H and O–H groups in total. The van der Waals surface area contributed by atoms with Crippen molar-refractivity contribution in [2.75, 3.05) is 25.9 Å². The smallest absolute Gasteiger partial charge is 0.214 e. The molecule has 0 aliphatic carbocycles. The second kappa shape index (κ2) is 8.64. The molecule has 0 aliphatic rings. The molecule has 0 aromatic carbocycles. The van der Waals surface area contributed by atoms with Crippen LogP contribution in [0.25, 0.3) is 0 Å². The van der Waals surface area contributed by atoms with E-state index in [-0.39, 0.29) is 23.9 Å². The van der Waals surface area contributed by atoms with Crippen molar-refractivity contribution in [3.63, 3.8) is 0 Å². The molecule has 0 saturated carbocycles. The first-order chi connectivity index (χ1) is 7.51. The summed E-state index contributed by atoms with van der Waals surface area (Å²) >= 11 is 1.13. The van der Waals surface area contributed by atoms with Gasteiger partial charge in [0.15, 0.2) is 0 Å². The van der Waals surface area contributed by atoms with E-state index < -0.39 is 0 Å². The highest BCUT2D eigenvalue weighted by Gasteiger charge is 2.14. The summed E-state index contributed by atoms with van der Waals surface area (Å²) in [4.78, 5) is 24.2. The number of hydrogen-bond acceptors (Lipinski definition) is 4. The summed E-state index contributed by atoms with van der Waals surface area (Å²) in [5.74, 6) is -0.187. The number of carbonyl (C=O) groups is 2. The van der Waals surface area contributed by atoms with E-state index in [9.17, 15) is 9.59 Å². The van der Waals surface area contributed by atoms with E-state index in [1.54, 1.807) is 6.26 Å². The molecule has 1 amide bonds. The van der Waals surface area contributed by atoms with Crippen LogP contribution in [0.15, 0.2) is 0 Å². The van der Waals surface area contributed by atoms with Gasteiger partial charge in [-0.25, -0.2) is 0 Å². The van der Waals surface area contributed by atoms with Crippen LogP contribution in [0.3, 0.4) is 0 Å². The van der Waals surface area contributed by atoms with Gasteiger partial charge in [-0.3, -0.25) is 9.59 Å². The lowest BCUT2D eigenvalue weighted by atomic mass is 10.0. The summed E-state index contributed by atoms with van der Waals surface area (Å²) in [7, 11) is 5.29. The predicted octanol–water partition coefficient (Wildman–Crippen LogP) is 0.289. The summed E-state index contributed by atoms with van der Waals surface area (Å²) in [6.07, 6.45) is 1.66. The SMILES string of the molecule is [B]CC(=O)N(CCNC(C)C)CC(=O)SC. The zero-order chi connectivity index (χ0) is 12.6. The summed E-state index contributed by atoms with van der Waals surface area (Å²) in [6, 6.07) is 0.367. The average molecular weight is 242 g/mol. The number of carbonyl (C=O) groups excluding carboxylic acids is 2. The van der Waals surface area contributed by atoms with E-state index in [2.05, 4.69) is 5.32 Å². The Morgan fingerprint density at radius 3 is 2.50 bits per heavy atom.